The van der Waals surface area contributed by atoms with Gasteiger partial charge in [-0.2, -0.15) is 12.7 Å². The molecule has 12 heteroatoms. The maximum Gasteiger partial charge on any atom is 0.329 e. The minimum absolute atomic E-state index is 0. The Hall–Kier alpha value is -2.96. The molecule has 5 N–H and O–H groups in total. The van der Waals surface area contributed by atoms with Gasteiger partial charge in [0.15, 0.2) is 0 Å². The Balaban J connectivity index is 0.00000380. The third-order valence-electron chi connectivity index (χ3n) is 7.11. The highest BCUT2D eigenvalue weighted by atomic mass is 32.2. The molecule has 1 aromatic heterocycles. The van der Waals surface area contributed by atoms with Gasteiger partial charge in [0.05, 0.1) is 18.2 Å². The van der Waals surface area contributed by atoms with Gasteiger partial charge in [0, 0.05) is 37.3 Å². The Morgan fingerprint density at radius 3 is 2.51 bits per heavy atom. The molecule has 0 spiro atoms. The molecule has 0 unspecified atom stereocenters. The van der Waals surface area contributed by atoms with Gasteiger partial charge in [0.2, 0.25) is 0 Å². The first-order valence-corrected chi connectivity index (χ1v) is 14.1. The van der Waals surface area contributed by atoms with Crippen molar-refractivity contribution in [2.45, 2.75) is 57.4 Å². The number of fused-ring (bicyclic) bond motifs is 1. The number of piperidine rings is 1. The van der Waals surface area contributed by atoms with Gasteiger partial charge >= 0.3 is 16.2 Å². The van der Waals surface area contributed by atoms with Crippen molar-refractivity contribution in [1.82, 2.24) is 24.6 Å². The molecule has 11 nitrogen and oxygen atoms in total. The topological polar surface area (TPSA) is 161 Å². The summed E-state index contributed by atoms with van der Waals surface area (Å²) in [5, 5.41) is 6.49. The molecule has 0 bridgehead atoms. The second-order valence-electron chi connectivity index (χ2n) is 9.54. The number of amides is 3. The quantitative estimate of drug-likeness (QED) is 0.469. The number of hydrogen-bond acceptors (Lipinski definition) is 6. The van der Waals surface area contributed by atoms with Crippen LogP contribution in [0.25, 0.3) is 10.9 Å². The van der Waals surface area contributed by atoms with E-state index in [1.807, 2.05) is 12.1 Å². The molecular weight excluding hydrogens is 498 g/mol. The predicted molar refractivity (Wildman–Crippen MR) is 141 cm³/mol. The molecule has 1 aliphatic carbocycles. The van der Waals surface area contributed by atoms with Crippen molar-refractivity contribution < 1.29 is 28.2 Å². The van der Waals surface area contributed by atoms with Gasteiger partial charge in [0.1, 0.15) is 5.75 Å². The maximum absolute atomic E-state index is 12.8. The van der Waals surface area contributed by atoms with Crippen LogP contribution < -0.4 is 20.1 Å². The van der Waals surface area contributed by atoms with E-state index >= 15 is 0 Å². The lowest BCUT2D eigenvalue weighted by molar-refractivity contribution is 0.0951. The molecule has 0 radical (unpaired) electrons. The van der Waals surface area contributed by atoms with Crippen LogP contribution in [0, 0.1) is 5.92 Å². The fraction of sp³-hybridized carbons (Fsp3) is 0.560. The molecule has 2 aliphatic rings. The summed E-state index contributed by atoms with van der Waals surface area (Å²) >= 11 is 0. The largest absolute Gasteiger partial charge is 0.497 e. The third kappa shape index (κ3) is 7.53. The SMILES string of the molecule is COc1ccc2nccc(C(=O)NCCC3CCN(S(=O)(=O)NC(=O)NC4CCCCC4)CC3)c2c1.O. The van der Waals surface area contributed by atoms with Gasteiger partial charge in [-0.15, -0.1) is 0 Å². The predicted octanol–water partition coefficient (Wildman–Crippen LogP) is 2.13. The molecule has 1 saturated heterocycles. The summed E-state index contributed by atoms with van der Waals surface area (Å²) in [5.74, 6) is 0.776. The minimum Gasteiger partial charge on any atom is -0.497 e. The summed E-state index contributed by atoms with van der Waals surface area (Å²) in [4.78, 5) is 29.3. The third-order valence-corrected chi connectivity index (χ3v) is 8.60. The van der Waals surface area contributed by atoms with Crippen molar-refractivity contribution in [3.05, 3.63) is 36.0 Å². The molecule has 2 heterocycles. The van der Waals surface area contributed by atoms with Crippen molar-refractivity contribution in [2.24, 2.45) is 5.92 Å². The van der Waals surface area contributed by atoms with E-state index in [0.717, 1.165) is 49.4 Å². The molecule has 1 aromatic carbocycles. The van der Waals surface area contributed by atoms with Gasteiger partial charge in [-0.05, 0) is 62.3 Å². The van der Waals surface area contributed by atoms with Crippen LogP contribution in [0.4, 0.5) is 4.79 Å². The molecule has 204 valence electrons. The summed E-state index contributed by atoms with van der Waals surface area (Å²) in [6, 6.07) is 6.52. The van der Waals surface area contributed by atoms with E-state index in [9.17, 15) is 18.0 Å². The highest BCUT2D eigenvalue weighted by Gasteiger charge is 2.30. The smallest absolute Gasteiger partial charge is 0.329 e. The molecule has 2 fully saturated rings. The first-order valence-electron chi connectivity index (χ1n) is 12.6. The summed E-state index contributed by atoms with van der Waals surface area (Å²) in [6.45, 7) is 1.19. The Labute approximate surface area is 217 Å². The number of methoxy groups -OCH3 is 1. The molecule has 3 amide bonds. The van der Waals surface area contributed by atoms with Gasteiger partial charge in [-0.3, -0.25) is 9.78 Å². The summed E-state index contributed by atoms with van der Waals surface area (Å²) in [5.41, 5.74) is 1.26. The van der Waals surface area contributed by atoms with Crippen LogP contribution in [-0.4, -0.2) is 67.9 Å². The number of hydrogen-bond donors (Lipinski definition) is 3. The van der Waals surface area contributed by atoms with Crippen LogP contribution in [0.3, 0.4) is 0 Å². The lowest BCUT2D eigenvalue weighted by atomic mass is 9.94. The van der Waals surface area contributed by atoms with Crippen LogP contribution in [0.5, 0.6) is 5.75 Å². The average molecular weight is 536 g/mol. The van der Waals surface area contributed by atoms with Crippen LogP contribution >= 0.6 is 0 Å². The van der Waals surface area contributed by atoms with E-state index in [0.29, 0.717) is 49.7 Å². The lowest BCUT2D eigenvalue weighted by Crippen LogP contribution is -2.51. The summed E-state index contributed by atoms with van der Waals surface area (Å²) < 4.78 is 34.0. The fourth-order valence-corrected chi connectivity index (χ4v) is 6.13. The number of carbonyl (C=O) groups is 2. The van der Waals surface area contributed by atoms with E-state index in [1.165, 1.54) is 4.31 Å². The van der Waals surface area contributed by atoms with Crippen molar-refractivity contribution in [1.29, 1.82) is 0 Å². The maximum atomic E-state index is 12.8. The van der Waals surface area contributed by atoms with Gasteiger partial charge < -0.3 is 20.8 Å². The zero-order valence-corrected chi connectivity index (χ0v) is 22.0. The molecule has 1 aliphatic heterocycles. The number of pyridine rings is 1. The highest BCUT2D eigenvalue weighted by molar-refractivity contribution is 7.87. The molecule has 2 aromatic rings. The van der Waals surface area contributed by atoms with E-state index < -0.39 is 16.2 Å². The van der Waals surface area contributed by atoms with E-state index in [2.05, 4.69) is 20.3 Å². The number of benzene rings is 1. The Bertz CT molecular complexity index is 1180. The monoisotopic (exact) mass is 535 g/mol. The van der Waals surface area contributed by atoms with Gasteiger partial charge in [0.25, 0.3) is 5.91 Å². The standard InChI is InChI=1S/C25H35N5O5S.H2O/c1-35-20-7-8-23-22(17-20)21(10-14-26-23)24(31)27-13-9-18-11-15-30(16-12-18)36(33,34)29-25(32)28-19-5-3-2-4-6-19;/h7-8,10,14,17-19H,2-6,9,11-13,15-16H2,1H3,(H,27,31)(H2,28,29,32);1H2. The summed E-state index contributed by atoms with van der Waals surface area (Å²) in [6.07, 6.45) is 8.77. The number of carbonyl (C=O) groups excluding carboxylic acids is 2. The highest BCUT2D eigenvalue weighted by Crippen LogP contribution is 2.24. The fourth-order valence-electron chi connectivity index (χ4n) is 5.02. The van der Waals surface area contributed by atoms with Crippen molar-refractivity contribution in [2.75, 3.05) is 26.7 Å². The molecule has 1 saturated carbocycles. The van der Waals surface area contributed by atoms with E-state index in [-0.39, 0.29) is 17.4 Å². The Kier molecular flexibility index (Phi) is 10.1. The zero-order chi connectivity index (χ0) is 25.5. The van der Waals surface area contributed by atoms with Crippen LogP contribution in [0.2, 0.25) is 0 Å². The van der Waals surface area contributed by atoms with Crippen LogP contribution in [-0.2, 0) is 10.2 Å². The van der Waals surface area contributed by atoms with Crippen molar-refractivity contribution in [3.8, 4) is 5.75 Å². The average Bonchev–Trinajstić information content (AvgIpc) is 2.88. The van der Waals surface area contributed by atoms with E-state index in [4.69, 9.17) is 4.74 Å². The number of aromatic nitrogens is 1. The van der Waals surface area contributed by atoms with Gasteiger partial charge in [-0.1, -0.05) is 19.3 Å². The number of urea groups is 1. The minimum atomic E-state index is -3.87. The second-order valence-corrected chi connectivity index (χ2v) is 11.2. The molecule has 37 heavy (non-hydrogen) atoms. The lowest BCUT2D eigenvalue weighted by Gasteiger charge is -2.31. The van der Waals surface area contributed by atoms with Crippen LogP contribution in [0.1, 0.15) is 61.7 Å². The summed E-state index contributed by atoms with van der Waals surface area (Å²) in [7, 11) is -2.29. The van der Waals surface area contributed by atoms with Crippen LogP contribution in [0.15, 0.2) is 30.5 Å². The van der Waals surface area contributed by atoms with E-state index in [1.54, 1.807) is 25.4 Å². The Morgan fingerprint density at radius 2 is 1.81 bits per heavy atom. The first kappa shape index (κ1) is 28.6. The van der Waals surface area contributed by atoms with Gasteiger partial charge in [-0.25, -0.2) is 9.52 Å². The molecule has 4 rings (SSSR count). The first-order chi connectivity index (χ1) is 17.4. The Morgan fingerprint density at radius 1 is 1.08 bits per heavy atom. The number of rotatable bonds is 8. The number of nitrogens with one attached hydrogen (secondary N) is 3. The number of ether oxygens (including phenoxy) is 1. The van der Waals surface area contributed by atoms with Crippen molar-refractivity contribution in [3.63, 3.8) is 0 Å². The second kappa shape index (κ2) is 13.0. The molecule has 0 atom stereocenters. The van der Waals surface area contributed by atoms with Crippen molar-refractivity contribution >= 4 is 33.1 Å². The number of nitrogens with zero attached hydrogens (tertiary/aromatic N) is 2. The molecular formula is C25H37N5O6S. The normalized spacial score (nSPS) is 17.5. The zero-order valence-electron chi connectivity index (χ0n) is 21.2.